The second kappa shape index (κ2) is 6.03. The molecule has 1 amide bonds. The highest BCUT2D eigenvalue weighted by Gasteiger charge is 2.08. The van der Waals surface area contributed by atoms with Gasteiger partial charge in [0.2, 0.25) is 0 Å². The van der Waals surface area contributed by atoms with Crippen molar-refractivity contribution in [3.05, 3.63) is 50.1 Å². The summed E-state index contributed by atoms with van der Waals surface area (Å²) in [5.41, 5.74) is 1.73. The summed E-state index contributed by atoms with van der Waals surface area (Å²) in [7, 11) is 0. The fourth-order valence-electron chi connectivity index (χ4n) is 1.84. The second-order valence-corrected chi connectivity index (χ2v) is 7.63. The van der Waals surface area contributed by atoms with E-state index in [4.69, 9.17) is 0 Å². The third-order valence-corrected chi connectivity index (χ3v) is 5.39. The van der Waals surface area contributed by atoms with Gasteiger partial charge in [0.15, 0.2) is 0 Å². The highest BCUT2D eigenvalue weighted by atomic mass is 79.9. The van der Waals surface area contributed by atoms with Crippen LogP contribution in [0.2, 0.25) is 0 Å². The lowest BCUT2D eigenvalue weighted by Gasteiger charge is -2.01. The Kier molecular flexibility index (Phi) is 4.14. The summed E-state index contributed by atoms with van der Waals surface area (Å²) < 4.78 is 2.16. The number of para-hydroxylation sites is 1. The standard InChI is InChI=1S/C14H11BrN2OS2/c15-12-7-9(8-19-12)14(18)16-6-5-13-17-10-3-1-2-4-11(10)20-13/h1-4,7-8H,5-6H2,(H,16,18). The molecule has 0 saturated heterocycles. The quantitative estimate of drug-likeness (QED) is 0.755. The summed E-state index contributed by atoms with van der Waals surface area (Å²) in [6, 6.07) is 9.91. The van der Waals surface area contributed by atoms with Crippen molar-refractivity contribution >= 4 is 54.7 Å². The average molecular weight is 367 g/mol. The molecule has 1 aromatic carbocycles. The first-order valence-corrected chi connectivity index (χ1v) is 8.58. The maximum Gasteiger partial charge on any atom is 0.252 e. The fraction of sp³-hybridized carbons (Fsp3) is 0.143. The van der Waals surface area contributed by atoms with Gasteiger partial charge in [-0.2, -0.15) is 0 Å². The molecule has 0 unspecified atom stereocenters. The maximum absolute atomic E-state index is 11.9. The SMILES string of the molecule is O=C(NCCc1nc2ccccc2s1)c1csc(Br)c1. The molecule has 0 aliphatic rings. The van der Waals surface area contributed by atoms with Crippen molar-refractivity contribution in [1.29, 1.82) is 0 Å². The number of hydrogen-bond donors (Lipinski definition) is 1. The number of aromatic nitrogens is 1. The van der Waals surface area contributed by atoms with E-state index in [1.807, 2.05) is 29.6 Å². The minimum Gasteiger partial charge on any atom is -0.352 e. The molecule has 3 aromatic rings. The number of carbonyl (C=O) groups excluding carboxylic acids is 1. The first-order chi connectivity index (χ1) is 9.72. The van der Waals surface area contributed by atoms with Gasteiger partial charge in [-0.25, -0.2) is 4.98 Å². The van der Waals surface area contributed by atoms with Gasteiger partial charge in [0, 0.05) is 18.3 Å². The minimum absolute atomic E-state index is 0.0342. The largest absolute Gasteiger partial charge is 0.352 e. The van der Waals surface area contributed by atoms with E-state index in [-0.39, 0.29) is 5.91 Å². The third kappa shape index (κ3) is 3.08. The summed E-state index contributed by atoms with van der Waals surface area (Å²) in [4.78, 5) is 16.4. The highest BCUT2D eigenvalue weighted by Crippen LogP contribution is 2.22. The Balaban J connectivity index is 1.58. The van der Waals surface area contributed by atoms with E-state index in [1.54, 1.807) is 11.3 Å². The van der Waals surface area contributed by atoms with E-state index < -0.39 is 0 Å². The monoisotopic (exact) mass is 366 g/mol. The molecule has 6 heteroatoms. The molecule has 0 atom stereocenters. The molecule has 0 aliphatic heterocycles. The van der Waals surface area contributed by atoms with E-state index in [1.165, 1.54) is 16.0 Å². The molecule has 102 valence electrons. The smallest absolute Gasteiger partial charge is 0.252 e. The summed E-state index contributed by atoms with van der Waals surface area (Å²) in [5.74, 6) is -0.0342. The molecule has 0 saturated carbocycles. The number of nitrogens with zero attached hydrogens (tertiary/aromatic N) is 1. The fourth-order valence-corrected chi connectivity index (χ4v) is 3.94. The van der Waals surface area contributed by atoms with Gasteiger partial charge in [-0.3, -0.25) is 4.79 Å². The molecule has 0 radical (unpaired) electrons. The van der Waals surface area contributed by atoms with Crippen LogP contribution in [0.25, 0.3) is 10.2 Å². The molecule has 3 nitrogen and oxygen atoms in total. The first-order valence-electron chi connectivity index (χ1n) is 6.09. The van der Waals surface area contributed by atoms with Crippen LogP contribution in [0.3, 0.4) is 0 Å². The molecule has 20 heavy (non-hydrogen) atoms. The Labute approximate surface area is 132 Å². The number of thiophene rings is 1. The van der Waals surface area contributed by atoms with Crippen LogP contribution in [0, 0.1) is 0 Å². The zero-order valence-corrected chi connectivity index (χ0v) is 13.6. The van der Waals surface area contributed by atoms with Crippen molar-refractivity contribution in [3.63, 3.8) is 0 Å². The Morgan fingerprint density at radius 2 is 2.20 bits per heavy atom. The second-order valence-electron chi connectivity index (χ2n) is 4.22. The van der Waals surface area contributed by atoms with Crippen molar-refractivity contribution in [3.8, 4) is 0 Å². The molecule has 0 fully saturated rings. The van der Waals surface area contributed by atoms with E-state index >= 15 is 0 Å². The number of hydrogen-bond acceptors (Lipinski definition) is 4. The highest BCUT2D eigenvalue weighted by molar-refractivity contribution is 9.11. The van der Waals surface area contributed by atoms with Gasteiger partial charge in [-0.15, -0.1) is 22.7 Å². The van der Waals surface area contributed by atoms with Crippen molar-refractivity contribution < 1.29 is 4.79 Å². The van der Waals surface area contributed by atoms with Gasteiger partial charge in [0.05, 0.1) is 24.6 Å². The van der Waals surface area contributed by atoms with E-state index in [0.29, 0.717) is 12.1 Å². The van der Waals surface area contributed by atoms with Gasteiger partial charge >= 0.3 is 0 Å². The number of carbonyl (C=O) groups is 1. The molecule has 2 aromatic heterocycles. The molecule has 1 N–H and O–H groups in total. The lowest BCUT2D eigenvalue weighted by Crippen LogP contribution is -2.25. The predicted molar refractivity (Wildman–Crippen MR) is 87.7 cm³/mol. The Morgan fingerprint density at radius 3 is 2.95 bits per heavy atom. The van der Waals surface area contributed by atoms with Gasteiger partial charge in [0.1, 0.15) is 0 Å². The van der Waals surface area contributed by atoms with Crippen molar-refractivity contribution in [2.24, 2.45) is 0 Å². The normalized spacial score (nSPS) is 10.8. The zero-order chi connectivity index (χ0) is 13.9. The lowest BCUT2D eigenvalue weighted by atomic mass is 10.3. The number of rotatable bonds is 4. The van der Waals surface area contributed by atoms with Crippen molar-refractivity contribution in [1.82, 2.24) is 10.3 Å². The Morgan fingerprint density at radius 1 is 1.35 bits per heavy atom. The van der Waals surface area contributed by atoms with Crippen LogP contribution in [0.15, 0.2) is 39.5 Å². The van der Waals surface area contributed by atoms with Crippen LogP contribution < -0.4 is 5.32 Å². The molecule has 0 aliphatic carbocycles. The molecule has 2 heterocycles. The molecular formula is C14H11BrN2OS2. The number of benzene rings is 1. The summed E-state index contributed by atoms with van der Waals surface area (Å²) in [6.07, 6.45) is 0.760. The Hall–Kier alpha value is -1.24. The zero-order valence-electron chi connectivity index (χ0n) is 10.4. The van der Waals surface area contributed by atoms with Gasteiger partial charge in [-0.1, -0.05) is 12.1 Å². The van der Waals surface area contributed by atoms with Crippen LogP contribution in [-0.4, -0.2) is 17.4 Å². The summed E-state index contributed by atoms with van der Waals surface area (Å²) >= 11 is 6.55. The van der Waals surface area contributed by atoms with Crippen LogP contribution in [0.1, 0.15) is 15.4 Å². The van der Waals surface area contributed by atoms with Crippen molar-refractivity contribution in [2.75, 3.05) is 6.54 Å². The van der Waals surface area contributed by atoms with Gasteiger partial charge in [-0.05, 0) is 34.1 Å². The van der Waals surface area contributed by atoms with E-state index in [0.717, 1.165) is 20.7 Å². The first kappa shape index (κ1) is 13.7. The van der Waals surface area contributed by atoms with Crippen LogP contribution in [0.4, 0.5) is 0 Å². The number of halogens is 1. The number of fused-ring (bicyclic) bond motifs is 1. The van der Waals surface area contributed by atoms with E-state index in [2.05, 4.69) is 32.3 Å². The van der Waals surface area contributed by atoms with Gasteiger partial charge < -0.3 is 5.32 Å². The van der Waals surface area contributed by atoms with Crippen molar-refractivity contribution in [2.45, 2.75) is 6.42 Å². The summed E-state index contributed by atoms with van der Waals surface area (Å²) in [5, 5.41) is 5.82. The molecule has 0 bridgehead atoms. The maximum atomic E-state index is 11.9. The predicted octanol–water partition coefficient (Wildman–Crippen LogP) is 4.09. The van der Waals surface area contributed by atoms with Crippen LogP contribution >= 0.6 is 38.6 Å². The lowest BCUT2D eigenvalue weighted by molar-refractivity contribution is 0.0954. The van der Waals surface area contributed by atoms with E-state index in [9.17, 15) is 4.79 Å². The van der Waals surface area contributed by atoms with Crippen LogP contribution in [0.5, 0.6) is 0 Å². The Bertz CT molecular complexity index is 717. The summed E-state index contributed by atoms with van der Waals surface area (Å²) in [6.45, 7) is 0.603. The molecule has 3 rings (SSSR count). The van der Waals surface area contributed by atoms with Crippen LogP contribution in [-0.2, 0) is 6.42 Å². The number of nitrogens with one attached hydrogen (secondary N) is 1. The molecular weight excluding hydrogens is 356 g/mol. The third-order valence-electron chi connectivity index (χ3n) is 2.79. The average Bonchev–Trinajstić information content (AvgIpc) is 3.04. The number of thiazole rings is 1. The minimum atomic E-state index is -0.0342. The number of amides is 1. The van der Waals surface area contributed by atoms with Gasteiger partial charge in [0.25, 0.3) is 5.91 Å². The topological polar surface area (TPSA) is 42.0 Å². The molecule has 0 spiro atoms.